The molecule has 0 aliphatic heterocycles. The fraction of sp³-hybridized carbons (Fsp3) is 0.267. The van der Waals surface area contributed by atoms with Crippen molar-refractivity contribution in [2.75, 3.05) is 0 Å². The molecule has 2 heterocycles. The van der Waals surface area contributed by atoms with E-state index < -0.39 is 92.5 Å². The van der Waals surface area contributed by atoms with Crippen molar-refractivity contribution in [3.63, 3.8) is 0 Å². The third-order valence-corrected chi connectivity index (χ3v) is 11.1. The van der Waals surface area contributed by atoms with Gasteiger partial charge in [-0.25, -0.2) is 0 Å². The number of nitrogens with zero attached hydrogens (tertiary/aromatic N) is 3. The normalized spacial score (nSPS) is 38.4. The summed E-state index contributed by atoms with van der Waals surface area (Å²) in [6, 6.07) is 35.0. The van der Waals surface area contributed by atoms with Gasteiger partial charge in [-0.3, -0.25) is 0 Å². The maximum absolute atomic E-state index is 10.2. The Morgan fingerprint density at radius 2 is 1.22 bits per heavy atom. The van der Waals surface area contributed by atoms with Gasteiger partial charge in [0.25, 0.3) is 0 Å². The Morgan fingerprint density at radius 1 is 0.551 bits per heavy atom. The Labute approximate surface area is 323 Å². The molecule has 5 aromatic carbocycles. The summed E-state index contributed by atoms with van der Waals surface area (Å²) in [4.78, 5) is 0. The van der Waals surface area contributed by atoms with Crippen LogP contribution >= 0.6 is 0 Å². The zero-order chi connectivity index (χ0) is 50.5. The summed E-state index contributed by atoms with van der Waals surface area (Å²) >= 11 is -0.240. The summed E-state index contributed by atoms with van der Waals surface area (Å²) in [5, 5.41) is 13.6. The van der Waals surface area contributed by atoms with Crippen LogP contribution in [0.2, 0.25) is 0 Å². The first-order valence-electron chi connectivity index (χ1n) is 25.9. The number of rotatable bonds is 6. The fourth-order valence-corrected chi connectivity index (χ4v) is 8.93. The molecule has 4 heteroatoms. The van der Waals surface area contributed by atoms with Crippen LogP contribution in [-0.4, -0.2) is 29.9 Å². The van der Waals surface area contributed by atoms with Crippen LogP contribution in [0.3, 0.4) is 0 Å². The third-order valence-electron chi connectivity index (χ3n) is 8.68. The van der Waals surface area contributed by atoms with Crippen LogP contribution < -0.4 is 0 Å². The molecule has 2 saturated carbocycles. The predicted octanol–water partition coefficient (Wildman–Crippen LogP) is 12.0. The molecule has 4 unspecified atom stereocenters. The van der Waals surface area contributed by atoms with Gasteiger partial charge >= 0.3 is 321 Å². The van der Waals surface area contributed by atoms with Crippen molar-refractivity contribution in [1.82, 2.24) is 15.4 Å². The second-order valence-corrected chi connectivity index (χ2v) is 13.7. The molecule has 49 heavy (non-hydrogen) atoms. The van der Waals surface area contributed by atoms with Crippen LogP contribution in [0.5, 0.6) is 0 Å². The second-order valence-electron chi connectivity index (χ2n) is 11.4. The Balaban J connectivity index is 1.47. The Hall–Kier alpha value is -4.37. The van der Waals surface area contributed by atoms with E-state index in [2.05, 4.69) is 15.4 Å². The first-order valence-corrected chi connectivity index (χ1v) is 17.4. The van der Waals surface area contributed by atoms with Gasteiger partial charge in [0.15, 0.2) is 0 Å². The molecule has 4 atom stereocenters. The molecule has 2 aromatic heterocycles. The second kappa shape index (κ2) is 13.5. The Kier molecular flexibility index (Phi) is 4.44. The van der Waals surface area contributed by atoms with Crippen molar-refractivity contribution in [2.45, 2.75) is 75.6 Å². The zero-order valence-electron chi connectivity index (χ0n) is 45.9. The van der Waals surface area contributed by atoms with Crippen molar-refractivity contribution < 1.29 is 27.4 Å². The van der Waals surface area contributed by atoms with Crippen LogP contribution in [0, 0.1) is 0 Å². The average Bonchev–Trinajstić information content (AvgIpc) is 3.70. The summed E-state index contributed by atoms with van der Waals surface area (Å²) in [6.07, 6.45) is -37.5. The molecule has 0 saturated heterocycles. The molecule has 2 fully saturated rings. The van der Waals surface area contributed by atoms with Gasteiger partial charge in [-0.1, -0.05) is 0 Å². The summed E-state index contributed by atoms with van der Waals surface area (Å²) in [5.74, 6) is -7.74. The van der Waals surface area contributed by atoms with Crippen molar-refractivity contribution in [1.29, 1.82) is 0 Å². The van der Waals surface area contributed by atoms with Crippen molar-refractivity contribution in [3.05, 3.63) is 127 Å². The molecule has 7 aromatic rings. The SMILES string of the molecule is [2H]C1C([2H])([2H])C([2H])([2H])C([2H])([2H])C([2H])([2H])C1([2H])c1nnnc(-c2ccccc2-c2c(-c3ccccc3-c3ccccc3)ccc3[se]c4ccccc4c23)c1C1([2H])C([2H])C([2H])([2H])C([2H])([2H])C([2H])([2H])C1([2H])[2H]. The van der Waals surface area contributed by atoms with Gasteiger partial charge in [-0.05, 0) is 0 Å². The Bertz CT molecular complexity index is 3200. The molecule has 2 aliphatic carbocycles. The minimum absolute atomic E-state index is 0.112. The van der Waals surface area contributed by atoms with Crippen molar-refractivity contribution >= 4 is 33.8 Å². The van der Waals surface area contributed by atoms with E-state index in [1.807, 2.05) is 91.0 Å². The van der Waals surface area contributed by atoms with Crippen LogP contribution in [-0.2, 0) is 0 Å². The quantitative estimate of drug-likeness (QED) is 0.160. The first-order chi connectivity index (χ1) is 31.9. The van der Waals surface area contributed by atoms with E-state index in [-0.39, 0.29) is 25.6 Å². The van der Waals surface area contributed by atoms with Crippen LogP contribution in [0.25, 0.3) is 63.9 Å². The molecular formula is C45H41N3Se. The van der Waals surface area contributed by atoms with Gasteiger partial charge in [-0.2, -0.15) is 0 Å². The molecule has 242 valence electrons. The van der Waals surface area contributed by atoms with E-state index in [9.17, 15) is 11.0 Å². The summed E-state index contributed by atoms with van der Waals surface area (Å²) < 4.78 is 183. The number of aromatic nitrogens is 3. The number of hydrogen-bond donors (Lipinski definition) is 0. The molecule has 0 spiro atoms. The maximum atomic E-state index is 10.2. The van der Waals surface area contributed by atoms with Gasteiger partial charge in [-0.15, -0.1) is 0 Å². The summed E-state index contributed by atoms with van der Waals surface area (Å²) in [5.41, 5.74) is 0.327. The minimum atomic E-state index is -4.07. The van der Waals surface area contributed by atoms with E-state index >= 15 is 0 Å². The van der Waals surface area contributed by atoms with Crippen LogP contribution in [0.4, 0.5) is 0 Å². The first kappa shape index (κ1) is 16.1. The topological polar surface area (TPSA) is 38.7 Å². The third kappa shape index (κ3) is 5.66. The van der Waals surface area contributed by atoms with Crippen molar-refractivity contribution in [3.8, 4) is 44.6 Å². The van der Waals surface area contributed by atoms with Gasteiger partial charge in [0, 0.05) is 2.74 Å². The van der Waals surface area contributed by atoms with Crippen LogP contribution in [0.1, 0.15) is 114 Å². The fourth-order valence-electron chi connectivity index (χ4n) is 6.59. The predicted molar refractivity (Wildman–Crippen MR) is 205 cm³/mol. The molecule has 0 bridgehead atoms. The number of hydrogen-bond acceptors (Lipinski definition) is 3. The van der Waals surface area contributed by atoms with Gasteiger partial charge in [0.2, 0.25) is 0 Å². The summed E-state index contributed by atoms with van der Waals surface area (Å²) in [6.45, 7) is 0. The van der Waals surface area contributed by atoms with Gasteiger partial charge < -0.3 is 0 Å². The van der Waals surface area contributed by atoms with E-state index in [4.69, 9.17) is 16.4 Å². The average molecular weight is 723 g/mol. The van der Waals surface area contributed by atoms with E-state index in [1.54, 1.807) is 12.1 Å². The standard InChI is InChI=1S/C45H41N3Se/c1-4-16-30(17-5-1)33-22-10-11-23-34(33)36-28-29-40-43(38-26-14-15-27-39(38)49-40)42(36)35-24-12-13-25-37(35)45-41(31-18-6-2-7-19-31)44(46-48-47-45)32-20-8-3-9-21-32/h1,4-5,10-17,22-29,31-32H,2-3,6-9,18-21H2/i2D2,3D2,6D2,7D2,8D2,9D2,18D,19D2,20D,21D2,31D,32D. The molecule has 0 N–H and O–H groups in total. The van der Waals surface area contributed by atoms with E-state index in [0.29, 0.717) is 11.1 Å². The van der Waals surface area contributed by atoms with Crippen molar-refractivity contribution in [2.24, 2.45) is 0 Å². The number of fused-ring (bicyclic) bond motifs is 3. The van der Waals surface area contributed by atoms with Gasteiger partial charge in [0.05, 0.1) is 0 Å². The molecule has 3 nitrogen and oxygen atoms in total. The molecule has 0 amide bonds. The molecule has 0 radical (unpaired) electrons. The van der Waals surface area contributed by atoms with Crippen LogP contribution in [0.15, 0.2) is 115 Å². The molecule has 9 rings (SSSR count). The van der Waals surface area contributed by atoms with E-state index in [1.165, 1.54) is 12.1 Å². The summed E-state index contributed by atoms with van der Waals surface area (Å²) in [7, 11) is 0. The molecular weight excluding hydrogens is 661 g/mol. The number of benzene rings is 5. The molecule has 2 aliphatic rings. The zero-order valence-corrected chi connectivity index (χ0v) is 27.6. The Morgan fingerprint density at radius 3 is 2.06 bits per heavy atom. The van der Waals surface area contributed by atoms with Gasteiger partial charge in [0.1, 0.15) is 0 Å². The monoisotopic (exact) mass is 723 g/mol. The van der Waals surface area contributed by atoms with E-state index in [0.717, 1.165) is 36.0 Å².